The van der Waals surface area contributed by atoms with Crippen molar-refractivity contribution in [1.29, 1.82) is 0 Å². The van der Waals surface area contributed by atoms with Gasteiger partial charge >= 0.3 is 0 Å². The lowest BCUT2D eigenvalue weighted by Gasteiger charge is -2.36. The maximum atomic E-state index is 14.9. The Bertz CT molecular complexity index is 937. The third-order valence-corrected chi connectivity index (χ3v) is 7.65. The molecule has 1 amide bonds. The van der Waals surface area contributed by atoms with Crippen LogP contribution in [0, 0.1) is 17.2 Å². The van der Waals surface area contributed by atoms with Crippen molar-refractivity contribution in [2.45, 2.75) is 64.0 Å². The minimum Gasteiger partial charge on any atom is -0.380 e. The van der Waals surface area contributed by atoms with E-state index in [0.717, 1.165) is 44.2 Å². The van der Waals surface area contributed by atoms with Crippen LogP contribution in [-0.4, -0.2) is 21.9 Å². The van der Waals surface area contributed by atoms with Gasteiger partial charge in [-0.3, -0.25) is 4.79 Å². The van der Waals surface area contributed by atoms with Crippen LogP contribution in [0.4, 0.5) is 10.1 Å². The van der Waals surface area contributed by atoms with E-state index >= 15 is 0 Å². The summed E-state index contributed by atoms with van der Waals surface area (Å²) in [5.41, 5.74) is 0.890. The van der Waals surface area contributed by atoms with Crippen LogP contribution in [0.1, 0.15) is 63.5 Å². The van der Waals surface area contributed by atoms with Crippen molar-refractivity contribution in [3.8, 4) is 0 Å². The Morgan fingerprint density at radius 1 is 1.19 bits per heavy atom. The van der Waals surface area contributed by atoms with E-state index in [1.54, 1.807) is 12.4 Å². The van der Waals surface area contributed by atoms with Gasteiger partial charge in [-0.2, -0.15) is 0 Å². The molecular formula is C23H27Cl2FN4O. The van der Waals surface area contributed by atoms with Crippen LogP contribution in [0.25, 0.3) is 0 Å². The molecule has 0 unspecified atom stereocenters. The third-order valence-electron chi connectivity index (χ3n) is 6.83. The van der Waals surface area contributed by atoms with Gasteiger partial charge in [-0.15, -0.1) is 0 Å². The average Bonchev–Trinajstić information content (AvgIpc) is 3.41. The molecule has 2 aliphatic carbocycles. The average molecular weight is 465 g/mol. The molecule has 2 saturated carbocycles. The summed E-state index contributed by atoms with van der Waals surface area (Å²) in [6.07, 6.45) is 11.2. The number of amides is 1. The van der Waals surface area contributed by atoms with Crippen molar-refractivity contribution in [1.82, 2.24) is 15.3 Å². The number of nitrogens with one attached hydrogen (secondary N) is 2. The molecule has 166 valence electrons. The first-order chi connectivity index (χ1) is 14.9. The first-order valence-corrected chi connectivity index (χ1v) is 11.6. The third kappa shape index (κ3) is 4.80. The fourth-order valence-corrected chi connectivity index (χ4v) is 5.52. The van der Waals surface area contributed by atoms with Gasteiger partial charge in [0.15, 0.2) is 0 Å². The molecule has 4 rings (SSSR count). The standard InChI is InChI=1S/C23H27Cl2FN4O/c1-23(8-2-3-9-23)21(19-18(26)7-6-17(24)20(19)25)30-22(31)14-4-5-15(10-14)29-16-11-27-13-28-12-16/h6-7,11-15,21,29H,2-5,8-10H2,1H3,(H,30,31)/t14-,15+,21+/m0/s1. The smallest absolute Gasteiger partial charge is 0.223 e. The van der Waals surface area contributed by atoms with Crippen LogP contribution in [0.15, 0.2) is 30.9 Å². The van der Waals surface area contributed by atoms with E-state index in [0.29, 0.717) is 17.0 Å². The number of hydrogen-bond acceptors (Lipinski definition) is 4. The highest BCUT2D eigenvalue weighted by Gasteiger charge is 2.42. The summed E-state index contributed by atoms with van der Waals surface area (Å²) in [5, 5.41) is 7.06. The number of anilines is 1. The summed E-state index contributed by atoms with van der Waals surface area (Å²) in [6, 6.07) is 2.45. The monoisotopic (exact) mass is 464 g/mol. The predicted molar refractivity (Wildman–Crippen MR) is 121 cm³/mol. The Hall–Kier alpha value is -1.92. The number of benzene rings is 1. The normalized spacial score (nSPS) is 23.5. The molecule has 1 heterocycles. The maximum absolute atomic E-state index is 14.9. The summed E-state index contributed by atoms with van der Waals surface area (Å²) < 4.78 is 14.9. The van der Waals surface area contributed by atoms with Crippen molar-refractivity contribution in [2.75, 3.05) is 5.32 Å². The molecule has 31 heavy (non-hydrogen) atoms. The fraction of sp³-hybridized carbons (Fsp3) is 0.522. The second-order valence-electron chi connectivity index (χ2n) is 9.04. The van der Waals surface area contributed by atoms with Crippen molar-refractivity contribution in [3.05, 3.63) is 52.3 Å². The quantitative estimate of drug-likeness (QED) is 0.518. The van der Waals surface area contributed by atoms with Gasteiger partial charge in [-0.05, 0) is 49.7 Å². The summed E-state index contributed by atoms with van der Waals surface area (Å²) in [5.74, 6) is -0.624. The van der Waals surface area contributed by atoms with E-state index in [1.165, 1.54) is 18.5 Å². The molecule has 1 aromatic carbocycles. The van der Waals surface area contributed by atoms with Crippen LogP contribution >= 0.6 is 23.2 Å². The number of nitrogens with zero attached hydrogens (tertiary/aromatic N) is 2. The number of carbonyl (C=O) groups is 1. The lowest BCUT2D eigenvalue weighted by molar-refractivity contribution is -0.126. The molecule has 0 spiro atoms. The molecule has 3 atom stereocenters. The minimum atomic E-state index is -0.511. The summed E-state index contributed by atoms with van der Waals surface area (Å²) in [4.78, 5) is 21.3. The zero-order valence-electron chi connectivity index (χ0n) is 17.5. The highest BCUT2D eigenvalue weighted by Crippen LogP contribution is 2.50. The number of hydrogen-bond donors (Lipinski definition) is 2. The van der Waals surface area contributed by atoms with E-state index in [4.69, 9.17) is 23.2 Å². The van der Waals surface area contributed by atoms with Crippen LogP contribution in [0.5, 0.6) is 0 Å². The molecule has 2 aromatic rings. The molecule has 0 saturated heterocycles. The Morgan fingerprint density at radius 2 is 1.90 bits per heavy atom. The summed E-state index contributed by atoms with van der Waals surface area (Å²) >= 11 is 12.7. The van der Waals surface area contributed by atoms with Gasteiger partial charge in [0.1, 0.15) is 12.1 Å². The van der Waals surface area contributed by atoms with Crippen molar-refractivity contribution >= 4 is 34.8 Å². The molecule has 2 aliphatic rings. The summed E-state index contributed by atoms with van der Waals surface area (Å²) in [7, 11) is 0. The number of carbonyl (C=O) groups excluding carboxylic acids is 1. The number of rotatable bonds is 6. The Morgan fingerprint density at radius 3 is 2.61 bits per heavy atom. The fourth-order valence-electron chi connectivity index (χ4n) is 5.09. The minimum absolute atomic E-state index is 0.0535. The van der Waals surface area contributed by atoms with Gasteiger partial charge in [-0.1, -0.05) is 43.0 Å². The second kappa shape index (κ2) is 9.29. The molecule has 0 bridgehead atoms. The number of aromatic nitrogens is 2. The Balaban J connectivity index is 1.51. The second-order valence-corrected chi connectivity index (χ2v) is 9.82. The van der Waals surface area contributed by atoms with E-state index in [9.17, 15) is 9.18 Å². The molecule has 0 radical (unpaired) electrons. The molecule has 1 aromatic heterocycles. The zero-order chi connectivity index (χ0) is 22.0. The highest BCUT2D eigenvalue weighted by molar-refractivity contribution is 6.42. The van der Waals surface area contributed by atoms with E-state index in [1.807, 2.05) is 0 Å². The van der Waals surface area contributed by atoms with Crippen LogP contribution < -0.4 is 10.6 Å². The van der Waals surface area contributed by atoms with Gasteiger partial charge < -0.3 is 10.6 Å². The van der Waals surface area contributed by atoms with Gasteiger partial charge in [0.05, 0.1) is 34.2 Å². The molecule has 5 nitrogen and oxygen atoms in total. The number of halogens is 3. The highest BCUT2D eigenvalue weighted by atomic mass is 35.5. The first-order valence-electron chi connectivity index (χ1n) is 10.8. The largest absolute Gasteiger partial charge is 0.380 e. The van der Waals surface area contributed by atoms with Gasteiger partial charge in [0.2, 0.25) is 5.91 Å². The molecule has 2 fully saturated rings. The van der Waals surface area contributed by atoms with E-state index in [2.05, 4.69) is 27.5 Å². The molecular weight excluding hydrogens is 438 g/mol. The summed E-state index contributed by atoms with van der Waals surface area (Å²) in [6.45, 7) is 2.11. The van der Waals surface area contributed by atoms with Crippen molar-refractivity contribution in [3.63, 3.8) is 0 Å². The predicted octanol–water partition coefficient (Wildman–Crippen LogP) is 5.94. The zero-order valence-corrected chi connectivity index (χ0v) is 19.0. The maximum Gasteiger partial charge on any atom is 0.223 e. The molecule has 8 heteroatoms. The topological polar surface area (TPSA) is 66.9 Å². The van der Waals surface area contributed by atoms with Crippen molar-refractivity contribution < 1.29 is 9.18 Å². The first kappa shape index (κ1) is 22.3. The van der Waals surface area contributed by atoms with Crippen LogP contribution in [0.3, 0.4) is 0 Å². The van der Waals surface area contributed by atoms with Crippen LogP contribution in [0.2, 0.25) is 10.0 Å². The Kier molecular flexibility index (Phi) is 6.68. The van der Waals surface area contributed by atoms with E-state index < -0.39 is 11.9 Å². The molecule has 0 aliphatic heterocycles. The lowest BCUT2D eigenvalue weighted by Crippen LogP contribution is -2.41. The Labute approximate surface area is 192 Å². The SMILES string of the molecule is CC1([C@H](NC(=O)[C@H]2CC[C@@H](Nc3cncnc3)C2)c2c(F)ccc(Cl)c2Cl)CCCC1. The van der Waals surface area contributed by atoms with Gasteiger partial charge in [0, 0.05) is 17.5 Å². The van der Waals surface area contributed by atoms with Crippen molar-refractivity contribution in [2.24, 2.45) is 11.3 Å². The van der Waals surface area contributed by atoms with E-state index in [-0.39, 0.29) is 28.3 Å². The molecule has 2 N–H and O–H groups in total. The van der Waals surface area contributed by atoms with Gasteiger partial charge in [-0.25, -0.2) is 14.4 Å². The lowest BCUT2D eigenvalue weighted by atomic mass is 9.76. The van der Waals surface area contributed by atoms with Crippen LogP contribution in [-0.2, 0) is 4.79 Å². The van der Waals surface area contributed by atoms with Gasteiger partial charge in [0.25, 0.3) is 0 Å².